The summed E-state index contributed by atoms with van der Waals surface area (Å²) in [6.45, 7) is 5.52. The fourth-order valence-electron chi connectivity index (χ4n) is 3.76. The summed E-state index contributed by atoms with van der Waals surface area (Å²) in [7, 11) is 1.55. The van der Waals surface area contributed by atoms with Crippen LogP contribution in [0.2, 0.25) is 0 Å². The minimum atomic E-state index is -0.896. The predicted molar refractivity (Wildman–Crippen MR) is 121 cm³/mol. The van der Waals surface area contributed by atoms with Crippen LogP contribution in [0.5, 0.6) is 11.5 Å². The van der Waals surface area contributed by atoms with Gasteiger partial charge in [-0.1, -0.05) is 17.3 Å². The molecule has 1 N–H and O–H groups in total. The van der Waals surface area contributed by atoms with Crippen molar-refractivity contribution in [2.24, 2.45) is 0 Å². The number of benzene rings is 2. The normalized spacial score (nSPS) is 17.6. The van der Waals surface area contributed by atoms with Crippen molar-refractivity contribution in [2.45, 2.75) is 32.9 Å². The van der Waals surface area contributed by atoms with Crippen molar-refractivity contribution >= 4 is 23.3 Å². The number of hydrogen-bond donors (Lipinski definition) is 1. The number of aromatic nitrogens is 1. The summed E-state index contributed by atoms with van der Waals surface area (Å²) in [5.41, 5.74) is 0.958. The summed E-state index contributed by atoms with van der Waals surface area (Å²) in [5.74, 6) is 0.0339. The Kier molecular flexibility index (Phi) is 5.91. The zero-order valence-corrected chi connectivity index (χ0v) is 18.7. The van der Waals surface area contributed by atoms with Gasteiger partial charge in [-0.15, -0.1) is 0 Å². The zero-order valence-electron chi connectivity index (χ0n) is 18.7. The van der Waals surface area contributed by atoms with Crippen LogP contribution in [0.1, 0.15) is 36.8 Å². The topological polar surface area (TPSA) is 102 Å². The van der Waals surface area contributed by atoms with Crippen molar-refractivity contribution in [1.29, 1.82) is 0 Å². The molecule has 1 atom stereocenters. The number of carbonyl (C=O) groups is 2. The van der Waals surface area contributed by atoms with Crippen molar-refractivity contribution in [3.63, 3.8) is 0 Å². The van der Waals surface area contributed by atoms with Gasteiger partial charge in [-0.3, -0.25) is 14.5 Å². The van der Waals surface area contributed by atoms with Gasteiger partial charge < -0.3 is 19.1 Å². The highest BCUT2D eigenvalue weighted by Crippen LogP contribution is 2.42. The molecule has 0 spiro atoms. The van der Waals surface area contributed by atoms with Gasteiger partial charge in [0.1, 0.15) is 23.0 Å². The maximum atomic E-state index is 13.1. The molecule has 0 bridgehead atoms. The average molecular weight is 448 g/mol. The molecule has 170 valence electrons. The lowest BCUT2D eigenvalue weighted by molar-refractivity contribution is -0.132. The van der Waals surface area contributed by atoms with E-state index in [1.54, 1.807) is 68.6 Å². The van der Waals surface area contributed by atoms with Gasteiger partial charge in [0.05, 0.1) is 24.8 Å². The number of nitrogens with zero attached hydrogens (tertiary/aromatic N) is 2. The first-order valence-electron chi connectivity index (χ1n) is 10.5. The van der Waals surface area contributed by atoms with E-state index < -0.39 is 17.7 Å². The number of amides is 1. The summed E-state index contributed by atoms with van der Waals surface area (Å²) < 4.78 is 16.0. The summed E-state index contributed by atoms with van der Waals surface area (Å²) in [5, 5.41) is 15.1. The second-order valence-electron chi connectivity index (χ2n) is 7.93. The number of carbonyl (C=O) groups excluding carboxylic acids is 2. The smallest absolute Gasteiger partial charge is 0.301 e. The second-order valence-corrected chi connectivity index (χ2v) is 7.93. The summed E-state index contributed by atoms with van der Waals surface area (Å²) >= 11 is 0. The van der Waals surface area contributed by atoms with E-state index in [2.05, 4.69) is 5.16 Å². The minimum absolute atomic E-state index is 0.00393. The Morgan fingerprint density at radius 3 is 2.24 bits per heavy atom. The molecule has 1 aliphatic heterocycles. The van der Waals surface area contributed by atoms with Crippen LogP contribution < -0.4 is 14.4 Å². The number of ketones is 1. The van der Waals surface area contributed by atoms with Gasteiger partial charge >= 0.3 is 5.91 Å². The summed E-state index contributed by atoms with van der Waals surface area (Å²) in [4.78, 5) is 27.4. The Bertz CT molecular complexity index is 1210. The van der Waals surface area contributed by atoms with Gasteiger partial charge in [-0.2, -0.15) is 0 Å². The van der Waals surface area contributed by atoms with Gasteiger partial charge in [0.2, 0.25) is 0 Å². The Morgan fingerprint density at radius 2 is 1.70 bits per heavy atom. The van der Waals surface area contributed by atoms with Crippen LogP contribution in [0, 0.1) is 6.92 Å². The van der Waals surface area contributed by atoms with Crippen LogP contribution in [0.3, 0.4) is 0 Å². The highest BCUT2D eigenvalue weighted by atomic mass is 16.5. The van der Waals surface area contributed by atoms with E-state index in [1.807, 2.05) is 13.8 Å². The molecular weight excluding hydrogens is 424 g/mol. The molecule has 1 saturated heterocycles. The third-order valence-electron chi connectivity index (χ3n) is 5.24. The van der Waals surface area contributed by atoms with E-state index in [-0.39, 0.29) is 23.3 Å². The van der Waals surface area contributed by atoms with Gasteiger partial charge in [-0.25, -0.2) is 0 Å². The molecule has 0 saturated carbocycles. The SMILES string of the molecule is COc1ccc([C@H]2/C(=C(\O)c3ccc(OC(C)C)cc3)C(=O)C(=O)N2c2cc(C)on2)cc1. The van der Waals surface area contributed by atoms with E-state index >= 15 is 0 Å². The lowest BCUT2D eigenvalue weighted by Gasteiger charge is -2.23. The number of hydrogen-bond acceptors (Lipinski definition) is 7. The Hall–Kier alpha value is -4.07. The predicted octanol–water partition coefficient (Wildman–Crippen LogP) is 4.41. The van der Waals surface area contributed by atoms with Crippen LogP contribution in [0.15, 0.2) is 64.7 Å². The number of Topliss-reactive ketones (excluding diaryl/α,β-unsaturated/α-hetero) is 1. The molecule has 0 radical (unpaired) electrons. The van der Waals surface area contributed by atoms with Crippen molar-refractivity contribution in [3.05, 3.63) is 77.1 Å². The molecule has 33 heavy (non-hydrogen) atoms. The second kappa shape index (κ2) is 8.82. The monoisotopic (exact) mass is 448 g/mol. The van der Waals surface area contributed by atoms with E-state index in [4.69, 9.17) is 14.0 Å². The molecule has 4 rings (SSSR count). The van der Waals surface area contributed by atoms with E-state index in [0.29, 0.717) is 28.4 Å². The van der Waals surface area contributed by atoms with Crippen LogP contribution in [0.25, 0.3) is 5.76 Å². The molecular formula is C25H24N2O6. The summed E-state index contributed by atoms with van der Waals surface area (Å²) in [6, 6.07) is 14.3. The van der Waals surface area contributed by atoms with Crippen LogP contribution >= 0.6 is 0 Å². The highest BCUT2D eigenvalue weighted by molar-refractivity contribution is 6.51. The minimum Gasteiger partial charge on any atom is -0.507 e. The average Bonchev–Trinajstić information content (AvgIpc) is 3.34. The lowest BCUT2D eigenvalue weighted by atomic mass is 9.95. The van der Waals surface area contributed by atoms with Gasteiger partial charge in [0.25, 0.3) is 5.78 Å². The standard InChI is InChI=1S/C25H24N2O6/c1-14(2)32-19-11-7-17(8-12-19)23(28)21-22(16-5-9-18(31-4)10-6-16)27(25(30)24(21)29)20-13-15(3)33-26-20/h5-14,22,28H,1-4H3/b23-21+/t22-/m0/s1. The van der Waals surface area contributed by atoms with E-state index in [1.165, 1.54) is 4.90 Å². The molecule has 1 aliphatic rings. The Balaban J connectivity index is 1.84. The number of aryl methyl sites for hydroxylation is 1. The molecule has 8 heteroatoms. The first kappa shape index (κ1) is 22.1. The molecule has 3 aromatic rings. The number of aliphatic hydroxyl groups excluding tert-OH is 1. The van der Waals surface area contributed by atoms with Crippen LogP contribution in [-0.4, -0.2) is 35.2 Å². The molecule has 2 aromatic carbocycles. The van der Waals surface area contributed by atoms with Crippen molar-refractivity contribution < 1.29 is 28.7 Å². The highest BCUT2D eigenvalue weighted by Gasteiger charge is 2.48. The number of aliphatic hydroxyl groups is 1. The molecule has 1 amide bonds. The van der Waals surface area contributed by atoms with Crippen LogP contribution in [0.4, 0.5) is 5.82 Å². The molecule has 0 unspecified atom stereocenters. The first-order chi connectivity index (χ1) is 15.8. The molecule has 0 aliphatic carbocycles. The third-order valence-corrected chi connectivity index (χ3v) is 5.24. The van der Waals surface area contributed by atoms with Crippen molar-refractivity contribution in [1.82, 2.24) is 5.16 Å². The fourth-order valence-corrected chi connectivity index (χ4v) is 3.76. The van der Waals surface area contributed by atoms with E-state index in [9.17, 15) is 14.7 Å². The number of anilines is 1. The first-order valence-corrected chi connectivity index (χ1v) is 10.5. The van der Waals surface area contributed by atoms with Gasteiger partial charge in [0.15, 0.2) is 5.82 Å². The molecule has 2 heterocycles. The maximum Gasteiger partial charge on any atom is 0.301 e. The van der Waals surface area contributed by atoms with Gasteiger partial charge in [-0.05, 0) is 62.7 Å². The lowest BCUT2D eigenvalue weighted by Crippen LogP contribution is -2.29. The largest absolute Gasteiger partial charge is 0.507 e. The quantitative estimate of drug-likeness (QED) is 0.339. The molecule has 8 nitrogen and oxygen atoms in total. The number of ether oxygens (including phenoxy) is 2. The maximum absolute atomic E-state index is 13.1. The van der Waals surface area contributed by atoms with Crippen molar-refractivity contribution in [3.8, 4) is 11.5 Å². The number of methoxy groups -OCH3 is 1. The van der Waals surface area contributed by atoms with Crippen molar-refractivity contribution in [2.75, 3.05) is 12.0 Å². The zero-order chi connectivity index (χ0) is 23.7. The summed E-state index contributed by atoms with van der Waals surface area (Å²) in [6.07, 6.45) is -0.00393. The van der Waals surface area contributed by atoms with Crippen LogP contribution in [-0.2, 0) is 9.59 Å². The molecule has 1 fully saturated rings. The van der Waals surface area contributed by atoms with E-state index in [0.717, 1.165) is 0 Å². The van der Waals surface area contributed by atoms with Gasteiger partial charge in [0, 0.05) is 11.6 Å². The third kappa shape index (κ3) is 4.19. The number of rotatable bonds is 6. The Labute approximate surface area is 191 Å². The Morgan fingerprint density at radius 1 is 1.06 bits per heavy atom. The fraction of sp³-hybridized carbons (Fsp3) is 0.240. The molecule has 1 aromatic heterocycles.